The van der Waals surface area contributed by atoms with E-state index in [1.165, 1.54) is 10.2 Å². The first-order chi connectivity index (χ1) is 10.8. The molecular formula is C18H19N3O. The van der Waals surface area contributed by atoms with Crippen LogP contribution in [0.2, 0.25) is 0 Å². The van der Waals surface area contributed by atoms with Gasteiger partial charge in [-0.15, -0.1) is 0 Å². The quantitative estimate of drug-likeness (QED) is 0.730. The normalized spacial score (nSPS) is 10.7. The van der Waals surface area contributed by atoms with E-state index in [2.05, 4.69) is 34.7 Å². The highest BCUT2D eigenvalue weighted by Crippen LogP contribution is 2.12. The second kappa shape index (κ2) is 6.89. The number of aryl methyl sites for hydroxylation is 1. The number of unbranched alkanes of at least 4 members (excludes halogenated alkanes) is 1. The molecule has 0 aliphatic heterocycles. The van der Waals surface area contributed by atoms with Gasteiger partial charge in [-0.25, -0.2) is 4.79 Å². The van der Waals surface area contributed by atoms with Crippen molar-refractivity contribution in [2.24, 2.45) is 0 Å². The molecule has 0 bridgehead atoms. The van der Waals surface area contributed by atoms with Crippen molar-refractivity contribution in [3.63, 3.8) is 0 Å². The summed E-state index contributed by atoms with van der Waals surface area (Å²) in [5.74, 6) is 0. The van der Waals surface area contributed by atoms with Crippen LogP contribution in [0, 0.1) is 0 Å². The van der Waals surface area contributed by atoms with Gasteiger partial charge in [-0.2, -0.15) is 9.78 Å². The summed E-state index contributed by atoms with van der Waals surface area (Å²) < 4.78 is 1.42. The van der Waals surface area contributed by atoms with Crippen molar-refractivity contribution < 1.29 is 4.79 Å². The zero-order valence-electron chi connectivity index (χ0n) is 12.4. The molecule has 1 amide bonds. The van der Waals surface area contributed by atoms with Gasteiger partial charge in [0, 0.05) is 11.9 Å². The maximum atomic E-state index is 12.1. The van der Waals surface area contributed by atoms with E-state index >= 15 is 0 Å². The molecule has 4 nitrogen and oxygen atoms in total. The lowest BCUT2D eigenvalue weighted by molar-refractivity contribution is 0.240. The van der Waals surface area contributed by atoms with E-state index in [0.717, 1.165) is 30.2 Å². The minimum atomic E-state index is -0.166. The number of aromatic nitrogens is 2. The number of amides is 1. The largest absolute Gasteiger partial charge is 0.342 e. The summed E-state index contributed by atoms with van der Waals surface area (Å²) in [6.07, 6.45) is 4.77. The number of fused-ring (bicyclic) bond motifs is 1. The van der Waals surface area contributed by atoms with E-state index in [0.29, 0.717) is 6.54 Å². The smallest absolute Gasteiger partial charge is 0.336 e. The predicted octanol–water partition coefficient (Wildman–Crippen LogP) is 3.62. The highest BCUT2D eigenvalue weighted by molar-refractivity contribution is 5.89. The molecular weight excluding hydrogens is 274 g/mol. The fourth-order valence-corrected chi connectivity index (χ4v) is 2.50. The second-order valence-corrected chi connectivity index (χ2v) is 5.29. The van der Waals surface area contributed by atoms with Crippen molar-refractivity contribution in [3.8, 4) is 0 Å². The molecule has 1 aromatic heterocycles. The number of carbonyl (C=O) groups excluding carboxylic acids is 1. The van der Waals surface area contributed by atoms with Crippen molar-refractivity contribution >= 4 is 16.9 Å². The Morgan fingerprint density at radius 3 is 2.64 bits per heavy atom. The molecule has 112 valence electrons. The molecule has 0 aliphatic rings. The van der Waals surface area contributed by atoms with Gasteiger partial charge >= 0.3 is 6.03 Å². The van der Waals surface area contributed by atoms with Crippen LogP contribution in [0.3, 0.4) is 0 Å². The molecule has 2 aromatic carbocycles. The summed E-state index contributed by atoms with van der Waals surface area (Å²) in [4.78, 5) is 12.1. The van der Waals surface area contributed by atoms with Crippen LogP contribution in [0.1, 0.15) is 18.4 Å². The topological polar surface area (TPSA) is 46.9 Å². The average Bonchev–Trinajstić information content (AvgIpc) is 2.99. The highest BCUT2D eigenvalue weighted by atomic mass is 16.2. The van der Waals surface area contributed by atoms with Gasteiger partial charge in [-0.3, -0.25) is 0 Å². The van der Waals surface area contributed by atoms with Crippen molar-refractivity contribution in [1.29, 1.82) is 0 Å². The van der Waals surface area contributed by atoms with E-state index in [-0.39, 0.29) is 6.03 Å². The lowest BCUT2D eigenvalue weighted by Crippen LogP contribution is -2.30. The van der Waals surface area contributed by atoms with Crippen LogP contribution in [0.5, 0.6) is 0 Å². The van der Waals surface area contributed by atoms with Crippen molar-refractivity contribution in [2.75, 3.05) is 6.54 Å². The number of hydrogen-bond donors (Lipinski definition) is 1. The Morgan fingerprint density at radius 2 is 1.77 bits per heavy atom. The number of carbonyl (C=O) groups is 1. The standard InChI is InChI=1S/C18H19N3O/c22-18(21-17-12-5-4-11-16(17)14-20-21)19-13-7-6-10-15-8-2-1-3-9-15/h1-5,8-9,11-12,14H,6-7,10,13H2,(H,19,22). The maximum absolute atomic E-state index is 12.1. The van der Waals surface area contributed by atoms with Gasteiger partial charge in [-0.05, 0) is 30.9 Å². The molecule has 0 atom stereocenters. The number of rotatable bonds is 5. The van der Waals surface area contributed by atoms with Gasteiger partial charge in [0.25, 0.3) is 0 Å². The Balaban J connectivity index is 1.47. The predicted molar refractivity (Wildman–Crippen MR) is 87.9 cm³/mol. The second-order valence-electron chi connectivity index (χ2n) is 5.29. The van der Waals surface area contributed by atoms with E-state index < -0.39 is 0 Å². The number of para-hydroxylation sites is 1. The molecule has 22 heavy (non-hydrogen) atoms. The van der Waals surface area contributed by atoms with E-state index in [1.54, 1.807) is 6.20 Å². The van der Waals surface area contributed by atoms with Crippen LogP contribution in [0.4, 0.5) is 4.79 Å². The third-order valence-electron chi connectivity index (χ3n) is 3.68. The van der Waals surface area contributed by atoms with Gasteiger partial charge < -0.3 is 5.32 Å². The third kappa shape index (κ3) is 3.34. The number of hydrogen-bond acceptors (Lipinski definition) is 2. The molecule has 0 unspecified atom stereocenters. The third-order valence-corrected chi connectivity index (χ3v) is 3.68. The molecule has 0 saturated heterocycles. The van der Waals surface area contributed by atoms with Gasteiger partial charge in [0.15, 0.2) is 0 Å². The summed E-state index contributed by atoms with van der Waals surface area (Å²) in [5.41, 5.74) is 2.18. The summed E-state index contributed by atoms with van der Waals surface area (Å²) in [6, 6.07) is 17.9. The Kier molecular flexibility index (Phi) is 4.49. The maximum Gasteiger partial charge on any atom is 0.342 e. The van der Waals surface area contributed by atoms with E-state index in [1.807, 2.05) is 30.3 Å². The first-order valence-electron chi connectivity index (χ1n) is 7.59. The van der Waals surface area contributed by atoms with Crippen LogP contribution < -0.4 is 5.32 Å². The summed E-state index contributed by atoms with van der Waals surface area (Å²) in [7, 11) is 0. The number of benzene rings is 2. The lowest BCUT2D eigenvalue weighted by Gasteiger charge is -2.06. The van der Waals surface area contributed by atoms with Gasteiger partial charge in [0.2, 0.25) is 0 Å². The molecule has 0 spiro atoms. The molecule has 3 aromatic rings. The van der Waals surface area contributed by atoms with Gasteiger partial charge in [0.1, 0.15) is 0 Å². The van der Waals surface area contributed by atoms with Crippen LogP contribution in [-0.4, -0.2) is 22.4 Å². The zero-order valence-corrected chi connectivity index (χ0v) is 12.4. The first kappa shape index (κ1) is 14.3. The summed E-state index contributed by atoms with van der Waals surface area (Å²) in [6.45, 7) is 0.667. The molecule has 3 rings (SSSR count). The zero-order chi connectivity index (χ0) is 15.2. The molecule has 1 N–H and O–H groups in total. The average molecular weight is 293 g/mol. The monoisotopic (exact) mass is 293 g/mol. The van der Waals surface area contributed by atoms with Crippen molar-refractivity contribution in [2.45, 2.75) is 19.3 Å². The molecule has 4 heteroatoms. The SMILES string of the molecule is O=C(NCCCCc1ccccc1)n1ncc2ccccc21. The Morgan fingerprint density at radius 1 is 1.00 bits per heavy atom. The van der Waals surface area contributed by atoms with Crippen molar-refractivity contribution in [3.05, 3.63) is 66.4 Å². The minimum Gasteiger partial charge on any atom is -0.336 e. The number of nitrogens with zero attached hydrogens (tertiary/aromatic N) is 2. The lowest BCUT2D eigenvalue weighted by atomic mass is 10.1. The van der Waals surface area contributed by atoms with Crippen LogP contribution >= 0.6 is 0 Å². The molecule has 1 heterocycles. The summed E-state index contributed by atoms with van der Waals surface area (Å²) in [5, 5.41) is 8.05. The fraction of sp³-hybridized carbons (Fsp3) is 0.222. The van der Waals surface area contributed by atoms with Crippen LogP contribution in [0.15, 0.2) is 60.8 Å². The summed E-state index contributed by atoms with van der Waals surface area (Å²) >= 11 is 0. The van der Waals surface area contributed by atoms with Crippen LogP contribution in [0.25, 0.3) is 10.9 Å². The fourth-order valence-electron chi connectivity index (χ4n) is 2.50. The molecule has 0 saturated carbocycles. The Hall–Kier alpha value is -2.62. The molecule has 0 aliphatic carbocycles. The highest BCUT2D eigenvalue weighted by Gasteiger charge is 2.08. The van der Waals surface area contributed by atoms with E-state index in [9.17, 15) is 4.79 Å². The minimum absolute atomic E-state index is 0.166. The van der Waals surface area contributed by atoms with E-state index in [4.69, 9.17) is 0 Å². The first-order valence-corrected chi connectivity index (χ1v) is 7.59. The Bertz CT molecular complexity index is 749. The number of nitrogens with one attached hydrogen (secondary N) is 1. The van der Waals surface area contributed by atoms with Crippen molar-refractivity contribution in [1.82, 2.24) is 15.1 Å². The molecule has 0 fully saturated rings. The molecule has 0 radical (unpaired) electrons. The Labute approximate surface area is 129 Å². The van der Waals surface area contributed by atoms with Gasteiger partial charge in [0.05, 0.1) is 11.7 Å². The van der Waals surface area contributed by atoms with Gasteiger partial charge in [-0.1, -0.05) is 48.5 Å². The van der Waals surface area contributed by atoms with Crippen LogP contribution in [-0.2, 0) is 6.42 Å².